The molecule has 0 aliphatic carbocycles. The van der Waals surface area contributed by atoms with Gasteiger partial charge in [-0.1, -0.05) is 0 Å². The molecule has 1 heterocycles. The maximum atomic E-state index is 12.8. The van der Waals surface area contributed by atoms with E-state index in [0.717, 1.165) is 0 Å². The number of carbonyl (C=O) groups excluding carboxylic acids is 1. The monoisotopic (exact) mass is 268 g/mol. The van der Waals surface area contributed by atoms with Gasteiger partial charge in [0.1, 0.15) is 0 Å². The number of likely N-dealkylation sites (N-methyl/N-ethyl adjacent to an activating group) is 1. The van der Waals surface area contributed by atoms with E-state index in [2.05, 4.69) is 5.32 Å². The highest BCUT2D eigenvalue weighted by atomic mass is 19.4. The van der Waals surface area contributed by atoms with E-state index in [-0.39, 0.29) is 13.1 Å². The number of carbonyl (C=O) groups is 2. The molecular formula is C10H15F3N2O3. The molecule has 18 heavy (non-hydrogen) atoms. The molecule has 0 aromatic carbocycles. The Morgan fingerprint density at radius 2 is 2.06 bits per heavy atom. The van der Waals surface area contributed by atoms with E-state index >= 15 is 0 Å². The number of amides is 1. The van der Waals surface area contributed by atoms with Gasteiger partial charge in [0.05, 0.1) is 6.54 Å². The topological polar surface area (TPSA) is 69.6 Å². The number of nitrogens with one attached hydrogen (secondary N) is 1. The van der Waals surface area contributed by atoms with Gasteiger partial charge in [-0.3, -0.25) is 14.5 Å². The number of hydrogen-bond acceptors (Lipinski definition) is 3. The number of nitrogens with zero attached hydrogens (tertiary/aromatic N) is 1. The number of halogens is 3. The molecule has 1 amide bonds. The van der Waals surface area contributed by atoms with E-state index in [1.165, 1.54) is 4.90 Å². The summed E-state index contributed by atoms with van der Waals surface area (Å²) in [6.07, 6.45) is -5.33. The first-order valence-corrected chi connectivity index (χ1v) is 5.52. The van der Waals surface area contributed by atoms with Crippen molar-refractivity contribution in [1.82, 2.24) is 10.2 Å². The van der Waals surface area contributed by atoms with Crippen LogP contribution in [0.5, 0.6) is 0 Å². The lowest BCUT2D eigenvalue weighted by Gasteiger charge is -2.27. The molecule has 1 atom stereocenters. The Kier molecular flexibility index (Phi) is 4.20. The van der Waals surface area contributed by atoms with Crippen molar-refractivity contribution in [1.29, 1.82) is 0 Å². The minimum Gasteiger partial charge on any atom is -0.481 e. The number of likely N-dealkylation sites (tertiary alicyclic amines) is 1. The van der Waals surface area contributed by atoms with E-state index in [4.69, 9.17) is 5.11 Å². The zero-order valence-electron chi connectivity index (χ0n) is 9.88. The van der Waals surface area contributed by atoms with Gasteiger partial charge in [-0.05, 0) is 13.3 Å². The van der Waals surface area contributed by atoms with Crippen molar-refractivity contribution in [3.8, 4) is 0 Å². The van der Waals surface area contributed by atoms with Crippen LogP contribution < -0.4 is 5.32 Å². The fourth-order valence-electron chi connectivity index (χ4n) is 2.01. The molecule has 1 saturated heterocycles. The molecule has 5 nitrogen and oxygen atoms in total. The largest absolute Gasteiger partial charge is 0.481 e. The Hall–Kier alpha value is -1.31. The van der Waals surface area contributed by atoms with Gasteiger partial charge in [0.25, 0.3) is 0 Å². The first-order chi connectivity index (χ1) is 8.23. The van der Waals surface area contributed by atoms with Crippen LogP contribution in [-0.2, 0) is 9.59 Å². The Labute approximate surface area is 102 Å². The Morgan fingerprint density at radius 3 is 2.44 bits per heavy atom. The van der Waals surface area contributed by atoms with E-state index in [1.54, 1.807) is 6.92 Å². The van der Waals surface area contributed by atoms with Crippen LogP contribution in [0.3, 0.4) is 0 Å². The second-order valence-corrected chi connectivity index (χ2v) is 4.30. The molecule has 0 aromatic rings. The molecule has 1 unspecified atom stereocenters. The second-order valence-electron chi connectivity index (χ2n) is 4.30. The number of carboxylic acids is 1. The highest BCUT2D eigenvalue weighted by Gasteiger charge is 2.63. The summed E-state index contributed by atoms with van der Waals surface area (Å²) in [6.45, 7) is 1.14. The van der Waals surface area contributed by atoms with Crippen LogP contribution in [0.1, 0.15) is 13.3 Å². The number of hydrogen-bond donors (Lipinski definition) is 2. The molecule has 1 rings (SSSR count). The van der Waals surface area contributed by atoms with Crippen molar-refractivity contribution in [2.24, 2.45) is 5.41 Å². The lowest BCUT2D eigenvalue weighted by atomic mass is 9.86. The van der Waals surface area contributed by atoms with Crippen LogP contribution >= 0.6 is 0 Å². The third-order valence-corrected chi connectivity index (χ3v) is 3.04. The normalized spacial score (nSPS) is 25.1. The summed E-state index contributed by atoms with van der Waals surface area (Å²) in [7, 11) is 0. The molecule has 0 saturated carbocycles. The Morgan fingerprint density at radius 1 is 1.44 bits per heavy atom. The maximum Gasteiger partial charge on any atom is 0.406 e. The number of carboxylic acid groups (broad SMARTS) is 1. The summed E-state index contributed by atoms with van der Waals surface area (Å²) in [4.78, 5) is 23.3. The number of aliphatic carboxylic acids is 1. The fraction of sp³-hybridized carbons (Fsp3) is 0.800. The van der Waals surface area contributed by atoms with Gasteiger partial charge >= 0.3 is 12.1 Å². The van der Waals surface area contributed by atoms with Crippen LogP contribution in [0.4, 0.5) is 13.2 Å². The van der Waals surface area contributed by atoms with Crippen molar-refractivity contribution in [3.05, 3.63) is 0 Å². The molecule has 8 heteroatoms. The SMILES string of the molecule is CCNC(=O)CN1CCC(C(=O)O)(C(F)(F)F)C1. The second kappa shape index (κ2) is 5.13. The van der Waals surface area contributed by atoms with Crippen LogP contribution in [0.25, 0.3) is 0 Å². The fourth-order valence-corrected chi connectivity index (χ4v) is 2.01. The minimum absolute atomic E-state index is 0.0526. The lowest BCUT2D eigenvalue weighted by molar-refractivity contribution is -0.227. The Bertz CT molecular complexity index is 346. The highest BCUT2D eigenvalue weighted by Crippen LogP contribution is 2.45. The lowest BCUT2D eigenvalue weighted by Crippen LogP contribution is -2.48. The Balaban J connectivity index is 2.73. The molecule has 0 spiro atoms. The standard InChI is InChI=1S/C10H15F3N2O3/c1-2-14-7(16)5-15-4-3-9(6-15,8(17)18)10(11,12)13/h2-6H2,1H3,(H,14,16)(H,17,18). The molecule has 1 fully saturated rings. The molecular weight excluding hydrogens is 253 g/mol. The highest BCUT2D eigenvalue weighted by molar-refractivity contribution is 5.79. The molecule has 0 aromatic heterocycles. The van der Waals surface area contributed by atoms with E-state index < -0.39 is 36.4 Å². The van der Waals surface area contributed by atoms with Crippen LogP contribution in [-0.4, -0.2) is 54.2 Å². The average molecular weight is 268 g/mol. The van der Waals surface area contributed by atoms with Crippen molar-refractivity contribution >= 4 is 11.9 Å². The predicted octanol–water partition coefficient (Wildman–Crippen LogP) is 0.461. The van der Waals surface area contributed by atoms with Crippen LogP contribution in [0, 0.1) is 5.41 Å². The summed E-state index contributed by atoms with van der Waals surface area (Å²) < 4.78 is 38.5. The molecule has 1 aliphatic heterocycles. The summed E-state index contributed by atoms with van der Waals surface area (Å²) >= 11 is 0. The summed E-state index contributed by atoms with van der Waals surface area (Å²) in [5.74, 6) is -2.28. The van der Waals surface area contributed by atoms with Gasteiger partial charge in [-0.2, -0.15) is 13.2 Å². The smallest absolute Gasteiger partial charge is 0.406 e. The summed E-state index contributed by atoms with van der Waals surface area (Å²) in [5.41, 5.74) is -2.75. The van der Waals surface area contributed by atoms with Gasteiger partial charge in [-0.15, -0.1) is 0 Å². The van der Waals surface area contributed by atoms with Gasteiger partial charge < -0.3 is 10.4 Å². The van der Waals surface area contributed by atoms with Gasteiger partial charge in [0.2, 0.25) is 5.91 Å². The first kappa shape index (κ1) is 14.7. The summed E-state index contributed by atoms with van der Waals surface area (Å²) in [5, 5.41) is 11.3. The molecule has 2 N–H and O–H groups in total. The minimum atomic E-state index is -4.81. The zero-order chi connectivity index (χ0) is 14.0. The van der Waals surface area contributed by atoms with Gasteiger partial charge in [0.15, 0.2) is 5.41 Å². The van der Waals surface area contributed by atoms with Crippen molar-refractivity contribution in [3.63, 3.8) is 0 Å². The number of alkyl halides is 3. The molecule has 104 valence electrons. The van der Waals surface area contributed by atoms with Gasteiger partial charge in [0, 0.05) is 19.6 Å². The average Bonchev–Trinajstić information content (AvgIpc) is 2.62. The van der Waals surface area contributed by atoms with E-state index in [0.29, 0.717) is 6.54 Å². The zero-order valence-corrected chi connectivity index (χ0v) is 9.88. The number of rotatable bonds is 4. The maximum absolute atomic E-state index is 12.8. The van der Waals surface area contributed by atoms with E-state index in [1.807, 2.05) is 0 Å². The summed E-state index contributed by atoms with van der Waals surface area (Å²) in [6, 6.07) is 0. The molecule has 0 radical (unpaired) electrons. The predicted molar refractivity (Wildman–Crippen MR) is 55.9 cm³/mol. The quantitative estimate of drug-likeness (QED) is 0.777. The van der Waals surface area contributed by atoms with Crippen LogP contribution in [0.2, 0.25) is 0 Å². The molecule has 0 bridgehead atoms. The first-order valence-electron chi connectivity index (χ1n) is 5.52. The third-order valence-electron chi connectivity index (χ3n) is 3.04. The van der Waals surface area contributed by atoms with E-state index in [9.17, 15) is 22.8 Å². The van der Waals surface area contributed by atoms with Crippen molar-refractivity contribution in [2.75, 3.05) is 26.2 Å². The van der Waals surface area contributed by atoms with Crippen molar-refractivity contribution < 1.29 is 27.9 Å². The third kappa shape index (κ3) is 2.74. The van der Waals surface area contributed by atoms with Crippen molar-refractivity contribution in [2.45, 2.75) is 19.5 Å². The van der Waals surface area contributed by atoms with Crippen LogP contribution in [0.15, 0.2) is 0 Å². The molecule has 1 aliphatic rings. The van der Waals surface area contributed by atoms with Gasteiger partial charge in [-0.25, -0.2) is 0 Å².